The number of amides is 1. The van der Waals surface area contributed by atoms with Crippen molar-refractivity contribution in [2.24, 2.45) is 0 Å². The molecular formula is C10H12N4O6. The number of hydrogen-bond acceptors (Lipinski definition) is 7. The Hall–Kier alpha value is -2.75. The summed E-state index contributed by atoms with van der Waals surface area (Å²) < 4.78 is 0. The first-order valence-corrected chi connectivity index (χ1v) is 5.46. The Kier molecular flexibility index (Phi) is 4.92. The van der Waals surface area contributed by atoms with Crippen LogP contribution in [0.2, 0.25) is 0 Å². The molecule has 0 unspecified atom stereocenters. The SMILES string of the molecule is CC(=O)Nc1cc([N+](=O)[O-])c(NCCO)c([N+](=O)[O-])c1. The van der Waals surface area contributed by atoms with Crippen molar-refractivity contribution in [1.82, 2.24) is 0 Å². The van der Waals surface area contributed by atoms with Crippen molar-refractivity contribution in [3.8, 4) is 0 Å². The second kappa shape index (κ2) is 6.43. The summed E-state index contributed by atoms with van der Waals surface area (Å²) in [4.78, 5) is 31.2. The van der Waals surface area contributed by atoms with Gasteiger partial charge in [-0.1, -0.05) is 0 Å². The molecule has 1 rings (SSSR count). The lowest BCUT2D eigenvalue weighted by atomic mass is 10.2. The van der Waals surface area contributed by atoms with Crippen LogP contribution >= 0.6 is 0 Å². The summed E-state index contributed by atoms with van der Waals surface area (Å²) in [7, 11) is 0. The van der Waals surface area contributed by atoms with Gasteiger partial charge in [0.15, 0.2) is 5.69 Å². The number of nitrogens with zero attached hydrogens (tertiary/aromatic N) is 2. The maximum atomic E-state index is 11.0. The minimum Gasteiger partial charge on any atom is -0.395 e. The largest absolute Gasteiger partial charge is 0.395 e. The van der Waals surface area contributed by atoms with Crippen LogP contribution in [0.4, 0.5) is 22.7 Å². The molecule has 0 fully saturated rings. The first-order chi connectivity index (χ1) is 9.36. The number of hydrogen-bond donors (Lipinski definition) is 3. The van der Waals surface area contributed by atoms with Gasteiger partial charge in [-0.25, -0.2) is 0 Å². The van der Waals surface area contributed by atoms with Crippen molar-refractivity contribution in [1.29, 1.82) is 0 Å². The molecule has 1 amide bonds. The van der Waals surface area contributed by atoms with Crippen LogP contribution < -0.4 is 10.6 Å². The van der Waals surface area contributed by atoms with Gasteiger partial charge in [-0.15, -0.1) is 0 Å². The zero-order valence-corrected chi connectivity index (χ0v) is 10.5. The highest BCUT2D eigenvalue weighted by Gasteiger charge is 2.26. The van der Waals surface area contributed by atoms with E-state index < -0.39 is 27.1 Å². The van der Waals surface area contributed by atoms with E-state index in [9.17, 15) is 25.0 Å². The first-order valence-electron chi connectivity index (χ1n) is 5.46. The van der Waals surface area contributed by atoms with E-state index in [2.05, 4.69) is 10.6 Å². The van der Waals surface area contributed by atoms with E-state index in [1.165, 1.54) is 6.92 Å². The highest BCUT2D eigenvalue weighted by atomic mass is 16.6. The van der Waals surface area contributed by atoms with Crippen LogP contribution in [-0.4, -0.2) is 34.0 Å². The number of anilines is 2. The zero-order chi connectivity index (χ0) is 15.3. The third kappa shape index (κ3) is 3.62. The summed E-state index contributed by atoms with van der Waals surface area (Å²) in [6.45, 7) is 0.749. The van der Waals surface area contributed by atoms with Gasteiger partial charge in [-0.05, 0) is 0 Å². The lowest BCUT2D eigenvalue weighted by Gasteiger charge is -2.09. The minimum absolute atomic E-state index is 0.0505. The molecule has 0 heterocycles. The molecule has 1 aromatic rings. The molecule has 3 N–H and O–H groups in total. The maximum absolute atomic E-state index is 11.0. The Morgan fingerprint density at radius 3 is 2.10 bits per heavy atom. The molecule has 108 valence electrons. The number of nitro benzene ring substituents is 2. The van der Waals surface area contributed by atoms with Crippen LogP contribution in [0.5, 0.6) is 0 Å². The van der Waals surface area contributed by atoms with Gasteiger partial charge in [0.05, 0.1) is 22.1 Å². The molecule has 0 aliphatic rings. The normalized spacial score (nSPS) is 9.90. The third-order valence-corrected chi connectivity index (χ3v) is 2.22. The van der Waals surface area contributed by atoms with Gasteiger partial charge >= 0.3 is 11.4 Å². The maximum Gasteiger partial charge on any atom is 0.301 e. The van der Waals surface area contributed by atoms with Gasteiger partial charge in [-0.3, -0.25) is 25.0 Å². The number of rotatable bonds is 6. The van der Waals surface area contributed by atoms with E-state index in [4.69, 9.17) is 5.11 Å². The Bertz CT molecular complexity index is 524. The fraction of sp³-hybridized carbons (Fsp3) is 0.300. The summed E-state index contributed by atoms with van der Waals surface area (Å²) in [5, 5.41) is 35.3. The van der Waals surface area contributed by atoms with Gasteiger partial charge in [0.25, 0.3) is 0 Å². The van der Waals surface area contributed by atoms with Crippen molar-refractivity contribution in [2.45, 2.75) is 6.92 Å². The minimum atomic E-state index is -0.808. The lowest BCUT2D eigenvalue weighted by molar-refractivity contribution is -0.392. The van der Waals surface area contributed by atoms with Crippen LogP contribution in [0.25, 0.3) is 0 Å². The molecule has 10 nitrogen and oxygen atoms in total. The fourth-order valence-corrected chi connectivity index (χ4v) is 1.54. The molecule has 0 saturated heterocycles. The highest BCUT2D eigenvalue weighted by Crippen LogP contribution is 2.37. The van der Waals surface area contributed by atoms with Crippen LogP contribution in [-0.2, 0) is 4.79 Å². The van der Waals surface area contributed by atoms with Gasteiger partial charge in [-0.2, -0.15) is 0 Å². The highest BCUT2D eigenvalue weighted by molar-refractivity contribution is 5.91. The average Bonchev–Trinajstić information content (AvgIpc) is 2.35. The number of carbonyl (C=O) groups excluding carboxylic acids is 1. The summed E-state index contributed by atoms with van der Waals surface area (Å²) in [5.41, 5.74) is -1.48. The third-order valence-electron chi connectivity index (χ3n) is 2.22. The Balaban J connectivity index is 3.41. The molecule has 20 heavy (non-hydrogen) atoms. The lowest BCUT2D eigenvalue weighted by Crippen LogP contribution is -2.11. The van der Waals surface area contributed by atoms with Crippen molar-refractivity contribution in [2.75, 3.05) is 23.8 Å². The monoisotopic (exact) mass is 284 g/mol. The predicted molar refractivity (Wildman–Crippen MR) is 69.6 cm³/mol. The molecule has 1 aromatic carbocycles. The van der Waals surface area contributed by atoms with E-state index in [1.807, 2.05) is 0 Å². The predicted octanol–water partition coefficient (Wildman–Crippen LogP) is 0.866. The number of benzene rings is 1. The average molecular weight is 284 g/mol. The van der Waals surface area contributed by atoms with Crippen LogP contribution in [0.3, 0.4) is 0 Å². The van der Waals surface area contributed by atoms with Crippen molar-refractivity contribution in [3.63, 3.8) is 0 Å². The second-order valence-corrected chi connectivity index (χ2v) is 3.74. The molecule has 0 aliphatic carbocycles. The topological polar surface area (TPSA) is 148 Å². The number of aliphatic hydroxyl groups excluding tert-OH is 1. The van der Waals surface area contributed by atoms with E-state index in [-0.39, 0.29) is 24.5 Å². The van der Waals surface area contributed by atoms with Gasteiger partial charge < -0.3 is 15.7 Å². The summed E-state index contributed by atoms with van der Waals surface area (Å²) in [5.74, 6) is -0.510. The molecule has 0 spiro atoms. The van der Waals surface area contributed by atoms with Gasteiger partial charge in [0, 0.05) is 25.6 Å². The molecular weight excluding hydrogens is 272 g/mol. The van der Waals surface area contributed by atoms with E-state index in [0.717, 1.165) is 12.1 Å². The Labute approximate surface area is 112 Å². The molecule has 10 heteroatoms. The molecule has 0 radical (unpaired) electrons. The molecule has 0 saturated carbocycles. The second-order valence-electron chi connectivity index (χ2n) is 3.74. The Morgan fingerprint density at radius 2 is 1.75 bits per heavy atom. The fourth-order valence-electron chi connectivity index (χ4n) is 1.54. The first kappa shape index (κ1) is 15.3. The number of aliphatic hydroxyl groups is 1. The summed E-state index contributed by atoms with van der Waals surface area (Å²) in [6.07, 6.45) is 0. The molecule has 0 aromatic heterocycles. The van der Waals surface area contributed by atoms with Gasteiger partial charge in [0.1, 0.15) is 0 Å². The number of carbonyl (C=O) groups is 1. The van der Waals surface area contributed by atoms with Crippen LogP contribution in [0, 0.1) is 20.2 Å². The van der Waals surface area contributed by atoms with Crippen molar-refractivity contribution in [3.05, 3.63) is 32.4 Å². The van der Waals surface area contributed by atoms with Gasteiger partial charge in [0.2, 0.25) is 5.91 Å². The van der Waals surface area contributed by atoms with E-state index in [0.29, 0.717) is 0 Å². The molecule has 0 aliphatic heterocycles. The number of nitrogens with one attached hydrogen (secondary N) is 2. The van der Waals surface area contributed by atoms with E-state index in [1.54, 1.807) is 0 Å². The standard InChI is InChI=1S/C10H12N4O6/c1-6(16)12-7-4-8(13(17)18)10(11-2-3-15)9(5-7)14(19)20/h4-5,11,15H,2-3H2,1H3,(H,12,16). The zero-order valence-electron chi connectivity index (χ0n) is 10.5. The summed E-state index contributed by atoms with van der Waals surface area (Å²) in [6, 6.07) is 2.02. The van der Waals surface area contributed by atoms with E-state index >= 15 is 0 Å². The molecule has 0 bridgehead atoms. The smallest absolute Gasteiger partial charge is 0.301 e. The quantitative estimate of drug-likeness (QED) is 0.518. The summed E-state index contributed by atoms with van der Waals surface area (Å²) >= 11 is 0. The Morgan fingerprint density at radius 1 is 1.25 bits per heavy atom. The van der Waals surface area contributed by atoms with Crippen molar-refractivity contribution < 1.29 is 19.7 Å². The van der Waals surface area contributed by atoms with Crippen molar-refractivity contribution >= 4 is 28.7 Å². The van der Waals surface area contributed by atoms with Crippen LogP contribution in [0.15, 0.2) is 12.1 Å². The molecule has 0 atom stereocenters. The van der Waals surface area contributed by atoms with Crippen LogP contribution in [0.1, 0.15) is 6.92 Å². The number of nitro groups is 2.